The van der Waals surface area contributed by atoms with Crippen molar-refractivity contribution >= 4 is 45.3 Å². The number of hydrogen-bond donors (Lipinski definition) is 1. The second-order valence-electron chi connectivity index (χ2n) is 3.15. The minimum Gasteiger partial charge on any atom is -0.481 e. The maximum Gasteiger partial charge on any atom is 0.313 e. The Morgan fingerprint density at radius 1 is 1.56 bits per heavy atom. The SMILES string of the molecule is O=C(O)CSc1nnnn1-c1ccc(Br)c(Cl)c1. The van der Waals surface area contributed by atoms with Crippen LogP contribution < -0.4 is 0 Å². The van der Waals surface area contributed by atoms with Gasteiger partial charge in [0.25, 0.3) is 0 Å². The largest absolute Gasteiger partial charge is 0.481 e. The Hall–Kier alpha value is -1.12. The molecule has 2 rings (SSSR count). The number of aliphatic carboxylic acids is 1. The number of carbonyl (C=O) groups is 1. The van der Waals surface area contributed by atoms with Crippen molar-refractivity contribution < 1.29 is 9.90 Å². The van der Waals surface area contributed by atoms with Crippen LogP contribution in [0.15, 0.2) is 27.8 Å². The van der Waals surface area contributed by atoms with Crippen molar-refractivity contribution in [2.24, 2.45) is 0 Å². The number of nitrogens with zero attached hydrogens (tertiary/aromatic N) is 4. The van der Waals surface area contributed by atoms with E-state index >= 15 is 0 Å². The number of carboxylic acid groups (broad SMARTS) is 1. The summed E-state index contributed by atoms with van der Waals surface area (Å²) in [6, 6.07) is 5.23. The van der Waals surface area contributed by atoms with Crippen molar-refractivity contribution in [1.82, 2.24) is 20.2 Å². The number of hydrogen-bond acceptors (Lipinski definition) is 5. The minimum absolute atomic E-state index is 0.107. The maximum atomic E-state index is 10.5. The fraction of sp³-hybridized carbons (Fsp3) is 0.111. The van der Waals surface area contributed by atoms with Crippen molar-refractivity contribution in [3.8, 4) is 5.69 Å². The van der Waals surface area contributed by atoms with Crippen LogP contribution in [0.2, 0.25) is 5.02 Å². The van der Waals surface area contributed by atoms with Crippen molar-refractivity contribution in [3.05, 3.63) is 27.7 Å². The molecule has 6 nitrogen and oxygen atoms in total. The van der Waals surface area contributed by atoms with Crippen molar-refractivity contribution in [2.75, 3.05) is 5.75 Å². The Labute approximate surface area is 119 Å². The molecule has 1 N–H and O–H groups in total. The lowest BCUT2D eigenvalue weighted by Gasteiger charge is -2.04. The van der Waals surface area contributed by atoms with Crippen LogP contribution in [0.1, 0.15) is 0 Å². The van der Waals surface area contributed by atoms with Crippen LogP contribution in [-0.4, -0.2) is 37.0 Å². The second kappa shape index (κ2) is 5.68. The van der Waals surface area contributed by atoms with E-state index in [1.807, 2.05) is 0 Å². The highest BCUT2D eigenvalue weighted by atomic mass is 79.9. The summed E-state index contributed by atoms with van der Waals surface area (Å²) in [6.45, 7) is 0. The summed E-state index contributed by atoms with van der Waals surface area (Å²) in [5, 5.41) is 20.6. The average molecular weight is 350 g/mol. The Morgan fingerprint density at radius 3 is 3.00 bits per heavy atom. The standard InChI is InChI=1S/C9H6BrClN4O2S/c10-6-2-1-5(3-7(6)11)15-9(12-13-14-15)18-4-8(16)17/h1-3H,4H2,(H,16,17). The van der Waals surface area contributed by atoms with E-state index < -0.39 is 5.97 Å². The normalized spacial score (nSPS) is 10.6. The monoisotopic (exact) mass is 348 g/mol. The van der Waals surface area contributed by atoms with Crippen LogP contribution in [0, 0.1) is 0 Å². The summed E-state index contributed by atoms with van der Waals surface area (Å²) in [5.41, 5.74) is 0.668. The van der Waals surface area contributed by atoms with Gasteiger partial charge >= 0.3 is 5.97 Å². The lowest BCUT2D eigenvalue weighted by atomic mass is 10.3. The van der Waals surface area contributed by atoms with Gasteiger partial charge in [0.2, 0.25) is 5.16 Å². The molecule has 0 fully saturated rings. The van der Waals surface area contributed by atoms with E-state index in [4.69, 9.17) is 16.7 Å². The van der Waals surface area contributed by atoms with Crippen LogP contribution in [0.5, 0.6) is 0 Å². The van der Waals surface area contributed by atoms with E-state index in [1.165, 1.54) is 4.68 Å². The molecular formula is C9H6BrClN4O2S. The Kier molecular flexibility index (Phi) is 4.20. The average Bonchev–Trinajstić information content (AvgIpc) is 2.78. The Morgan fingerprint density at radius 2 is 2.33 bits per heavy atom. The predicted molar refractivity (Wildman–Crippen MR) is 70.2 cm³/mol. The Bertz CT molecular complexity index is 592. The lowest BCUT2D eigenvalue weighted by molar-refractivity contribution is -0.133. The zero-order valence-electron chi connectivity index (χ0n) is 8.75. The summed E-state index contributed by atoms with van der Waals surface area (Å²) in [4.78, 5) is 10.5. The van der Waals surface area contributed by atoms with Gasteiger partial charge in [-0.15, -0.1) is 5.10 Å². The molecule has 0 unspecified atom stereocenters. The lowest BCUT2D eigenvalue weighted by Crippen LogP contribution is -2.03. The third-order valence-electron chi connectivity index (χ3n) is 1.91. The van der Waals surface area contributed by atoms with E-state index in [0.29, 0.717) is 15.9 Å². The first-order valence-electron chi connectivity index (χ1n) is 4.66. The smallest absolute Gasteiger partial charge is 0.313 e. The fourth-order valence-electron chi connectivity index (χ4n) is 1.17. The molecule has 0 aliphatic heterocycles. The van der Waals surface area contributed by atoms with Crippen LogP contribution in [-0.2, 0) is 4.79 Å². The van der Waals surface area contributed by atoms with Crippen molar-refractivity contribution in [1.29, 1.82) is 0 Å². The molecule has 0 atom stereocenters. The molecular weight excluding hydrogens is 344 g/mol. The summed E-state index contributed by atoms with van der Waals surface area (Å²) in [6.07, 6.45) is 0. The van der Waals surface area contributed by atoms with Crippen LogP contribution >= 0.6 is 39.3 Å². The van der Waals surface area contributed by atoms with Crippen molar-refractivity contribution in [2.45, 2.75) is 5.16 Å². The summed E-state index contributed by atoms with van der Waals surface area (Å²) >= 11 is 10.3. The fourth-order valence-corrected chi connectivity index (χ4v) is 2.21. The molecule has 1 aromatic heterocycles. The van der Waals surface area contributed by atoms with Gasteiger partial charge in [0.05, 0.1) is 16.5 Å². The van der Waals surface area contributed by atoms with Gasteiger partial charge in [-0.05, 0) is 44.6 Å². The second-order valence-corrected chi connectivity index (χ2v) is 5.36. The number of tetrazole rings is 1. The van der Waals surface area contributed by atoms with E-state index in [2.05, 4.69) is 31.5 Å². The molecule has 0 saturated carbocycles. The first-order chi connectivity index (χ1) is 8.58. The molecule has 0 aliphatic carbocycles. The molecule has 94 valence electrons. The van der Waals surface area contributed by atoms with Gasteiger partial charge in [0.15, 0.2) is 0 Å². The molecule has 0 aliphatic rings. The number of thioether (sulfide) groups is 1. The van der Waals surface area contributed by atoms with Gasteiger partial charge < -0.3 is 5.11 Å². The first-order valence-corrected chi connectivity index (χ1v) is 6.82. The van der Waals surface area contributed by atoms with Gasteiger partial charge in [0, 0.05) is 4.47 Å². The van der Waals surface area contributed by atoms with E-state index in [9.17, 15) is 4.79 Å². The van der Waals surface area contributed by atoms with Gasteiger partial charge in [0.1, 0.15) is 0 Å². The number of carboxylic acids is 1. The highest BCUT2D eigenvalue weighted by molar-refractivity contribution is 9.10. The van der Waals surface area contributed by atoms with Crippen LogP contribution in [0.4, 0.5) is 0 Å². The zero-order chi connectivity index (χ0) is 13.1. The molecule has 18 heavy (non-hydrogen) atoms. The van der Waals surface area contributed by atoms with Gasteiger partial charge in [-0.2, -0.15) is 4.68 Å². The third-order valence-corrected chi connectivity index (χ3v) is 4.05. The molecule has 1 heterocycles. The molecule has 1 aromatic carbocycles. The molecule has 0 spiro atoms. The topological polar surface area (TPSA) is 80.9 Å². The van der Waals surface area contributed by atoms with Crippen LogP contribution in [0.25, 0.3) is 5.69 Å². The molecule has 0 radical (unpaired) electrons. The number of benzene rings is 1. The minimum atomic E-state index is -0.927. The highest BCUT2D eigenvalue weighted by Crippen LogP contribution is 2.26. The maximum absolute atomic E-state index is 10.5. The summed E-state index contributed by atoms with van der Waals surface area (Å²) in [7, 11) is 0. The van der Waals surface area contributed by atoms with Crippen molar-refractivity contribution in [3.63, 3.8) is 0 Å². The van der Waals surface area contributed by atoms with Crippen LogP contribution in [0.3, 0.4) is 0 Å². The molecule has 0 amide bonds. The quantitative estimate of drug-likeness (QED) is 0.853. The van der Waals surface area contributed by atoms with E-state index in [0.717, 1.165) is 16.2 Å². The number of rotatable bonds is 4. The number of halogens is 2. The van der Waals surface area contributed by atoms with Gasteiger partial charge in [-0.3, -0.25) is 4.79 Å². The molecule has 2 aromatic rings. The molecule has 9 heteroatoms. The zero-order valence-corrected chi connectivity index (χ0v) is 11.9. The Balaban J connectivity index is 2.30. The van der Waals surface area contributed by atoms with E-state index in [1.54, 1.807) is 18.2 Å². The number of aromatic nitrogens is 4. The van der Waals surface area contributed by atoms with Gasteiger partial charge in [-0.1, -0.05) is 23.4 Å². The van der Waals surface area contributed by atoms with E-state index in [-0.39, 0.29) is 5.75 Å². The molecule has 0 saturated heterocycles. The first kappa shape index (κ1) is 13.3. The summed E-state index contributed by atoms with van der Waals surface area (Å²) < 4.78 is 2.20. The predicted octanol–water partition coefficient (Wildman–Crippen LogP) is 2.25. The highest BCUT2D eigenvalue weighted by Gasteiger charge is 2.11. The summed E-state index contributed by atoms with van der Waals surface area (Å²) in [5.74, 6) is -1.03. The molecule has 0 bridgehead atoms. The van der Waals surface area contributed by atoms with Gasteiger partial charge in [-0.25, -0.2) is 0 Å². The third kappa shape index (κ3) is 3.01.